The van der Waals surface area contributed by atoms with Crippen molar-refractivity contribution in [1.29, 1.82) is 0 Å². The molecule has 2 amide bonds. The van der Waals surface area contributed by atoms with E-state index in [0.717, 1.165) is 27.1 Å². The SMILES string of the molecule is COC=O.Cc1ccc2cc(C(=O)/C(=C/N(C)C)Oc3ccc(C(=O)NCCC(=O)OC(C)(C)C)cc3)ccc2c1.Cc1ccc2cc(C(=O)COc3ccc(C(=O)NCCC(=O)OC(C)(C)C)cc3)ccc2c1. The number of fused-ring (bicyclic) bond motifs is 2. The Hall–Kier alpha value is -8.33. The lowest BCUT2D eigenvalue weighted by Crippen LogP contribution is -2.29. The third-order valence-electron chi connectivity index (χ3n) is 10.2. The van der Waals surface area contributed by atoms with E-state index in [0.29, 0.717) is 40.2 Å². The van der Waals surface area contributed by atoms with Gasteiger partial charge in [0.1, 0.15) is 22.7 Å². The smallest absolute Gasteiger partial charge is 0.308 e. The molecule has 15 heteroatoms. The van der Waals surface area contributed by atoms with Crippen LogP contribution in [0.5, 0.6) is 11.5 Å². The highest BCUT2D eigenvalue weighted by Crippen LogP contribution is 2.23. The van der Waals surface area contributed by atoms with Crippen molar-refractivity contribution < 1.29 is 57.2 Å². The van der Waals surface area contributed by atoms with Crippen LogP contribution in [0.3, 0.4) is 0 Å². The second-order valence-corrected chi connectivity index (χ2v) is 19.3. The summed E-state index contributed by atoms with van der Waals surface area (Å²) >= 11 is 0. The largest absolute Gasteiger partial charge is 0.485 e. The molecule has 0 fully saturated rings. The molecular weight excluding hydrogens is 943 g/mol. The van der Waals surface area contributed by atoms with E-state index in [1.54, 1.807) is 113 Å². The molecule has 0 saturated heterocycles. The Kier molecular flexibility index (Phi) is 21.6. The standard InChI is InChI=1S/C30H34N2O5.C27H29NO5.C2H4O2/c1-20-7-8-23-18-24(10-9-22(23)17-20)28(34)26(19-32(5)6)36-25-13-11-21(12-14-25)29(35)31-16-15-27(33)37-30(2,3)4;1-18-5-6-21-16-22(8-7-20(21)15-18)24(29)17-32-23-11-9-19(10-12-23)26(31)28-14-13-25(30)33-27(2,3)4;1-4-2-3/h7-14,17-19H,15-16H2,1-6H3,(H,31,35);5-12,15-16H,13-14,17H2,1-4H3,(H,28,31);2H,1H3/b26-19-;;. The highest BCUT2D eigenvalue weighted by atomic mass is 16.6. The van der Waals surface area contributed by atoms with E-state index in [-0.39, 0.29) is 73.6 Å². The molecule has 0 unspecified atom stereocenters. The number of nitrogens with one attached hydrogen (secondary N) is 2. The van der Waals surface area contributed by atoms with Crippen molar-refractivity contribution in [3.05, 3.63) is 167 Å². The lowest BCUT2D eigenvalue weighted by Gasteiger charge is -2.19. The van der Waals surface area contributed by atoms with E-state index in [2.05, 4.69) is 27.5 Å². The number of benzene rings is 6. The van der Waals surface area contributed by atoms with Gasteiger partial charge in [-0.05, 0) is 138 Å². The Labute approximate surface area is 433 Å². The molecule has 0 radical (unpaired) electrons. The van der Waals surface area contributed by atoms with Crippen LogP contribution >= 0.6 is 0 Å². The minimum atomic E-state index is -0.564. The molecular formula is C59H67N3O12. The molecule has 0 aliphatic carbocycles. The summed E-state index contributed by atoms with van der Waals surface area (Å²) in [7, 11) is 4.93. The van der Waals surface area contributed by atoms with Gasteiger partial charge in [0.2, 0.25) is 5.78 Å². The first-order valence-electron chi connectivity index (χ1n) is 23.9. The number of carbonyl (C=O) groups excluding carboxylic acids is 7. The maximum atomic E-state index is 13.3. The molecule has 0 saturated carbocycles. The van der Waals surface area contributed by atoms with E-state index in [4.69, 9.17) is 23.7 Å². The maximum absolute atomic E-state index is 13.3. The van der Waals surface area contributed by atoms with Crippen LogP contribution in [0, 0.1) is 13.8 Å². The van der Waals surface area contributed by atoms with Gasteiger partial charge >= 0.3 is 11.9 Å². The van der Waals surface area contributed by atoms with Crippen molar-refractivity contribution in [3.63, 3.8) is 0 Å². The van der Waals surface area contributed by atoms with E-state index in [9.17, 15) is 28.8 Å². The summed E-state index contributed by atoms with van der Waals surface area (Å²) in [4.78, 5) is 84.7. The summed E-state index contributed by atoms with van der Waals surface area (Å²) in [6.07, 6.45) is 1.80. The average Bonchev–Trinajstić information content (AvgIpc) is 3.34. The summed E-state index contributed by atoms with van der Waals surface area (Å²) in [5.41, 5.74) is 3.16. The molecule has 0 spiro atoms. The van der Waals surface area contributed by atoms with E-state index in [1.807, 2.05) is 76.5 Å². The Morgan fingerprint density at radius 2 is 0.932 bits per heavy atom. The minimum Gasteiger partial charge on any atom is -0.485 e. The molecule has 390 valence electrons. The summed E-state index contributed by atoms with van der Waals surface area (Å²) in [5.74, 6) is -0.657. The van der Waals surface area contributed by atoms with Gasteiger partial charge in [-0.25, -0.2) is 0 Å². The number of Topliss-reactive ketones (excluding diaryl/α,β-unsaturated/α-hetero) is 2. The van der Waals surface area contributed by atoms with Crippen LogP contribution in [-0.2, 0) is 28.6 Å². The van der Waals surface area contributed by atoms with Crippen LogP contribution in [0.4, 0.5) is 0 Å². The van der Waals surface area contributed by atoms with Crippen LogP contribution in [0.15, 0.2) is 133 Å². The number of rotatable bonds is 18. The maximum Gasteiger partial charge on any atom is 0.308 e. The van der Waals surface area contributed by atoms with Crippen LogP contribution in [0.1, 0.15) is 107 Å². The highest BCUT2D eigenvalue weighted by molar-refractivity contribution is 6.09. The Morgan fingerprint density at radius 1 is 0.541 bits per heavy atom. The minimum absolute atomic E-state index is 0.0827. The summed E-state index contributed by atoms with van der Waals surface area (Å²) in [5, 5.41) is 9.54. The quantitative estimate of drug-likeness (QED) is 0.0207. The number of esters is 2. The predicted octanol–water partition coefficient (Wildman–Crippen LogP) is 9.94. The normalized spacial score (nSPS) is 11.1. The van der Waals surface area contributed by atoms with Gasteiger partial charge in [-0.15, -0.1) is 0 Å². The van der Waals surface area contributed by atoms with Crippen molar-refractivity contribution in [2.75, 3.05) is 40.9 Å². The van der Waals surface area contributed by atoms with Gasteiger partial charge in [0.25, 0.3) is 18.3 Å². The monoisotopic (exact) mass is 1010 g/mol. The molecule has 0 atom stereocenters. The first kappa shape index (κ1) is 58.2. The van der Waals surface area contributed by atoms with Gasteiger partial charge in [0.15, 0.2) is 18.1 Å². The molecule has 6 aromatic carbocycles. The summed E-state index contributed by atoms with van der Waals surface area (Å²) < 4.78 is 25.9. The molecule has 0 bridgehead atoms. The van der Waals surface area contributed by atoms with Gasteiger partial charge < -0.3 is 39.2 Å². The Bertz CT molecular complexity index is 2950. The highest BCUT2D eigenvalue weighted by Gasteiger charge is 2.20. The molecule has 0 aromatic heterocycles. The van der Waals surface area contributed by atoms with Gasteiger partial charge in [-0.3, -0.25) is 33.6 Å². The summed E-state index contributed by atoms with van der Waals surface area (Å²) in [6, 6.07) is 36.3. The number of methoxy groups -OCH3 is 1. The molecule has 0 aliphatic heterocycles. The van der Waals surface area contributed by atoms with E-state index >= 15 is 0 Å². The van der Waals surface area contributed by atoms with E-state index in [1.165, 1.54) is 12.7 Å². The van der Waals surface area contributed by atoms with Crippen LogP contribution in [-0.4, -0.2) is 98.8 Å². The Morgan fingerprint density at radius 3 is 1.36 bits per heavy atom. The number of hydrogen-bond acceptors (Lipinski definition) is 13. The molecule has 0 heterocycles. The molecule has 74 heavy (non-hydrogen) atoms. The molecule has 15 nitrogen and oxygen atoms in total. The second kappa shape index (κ2) is 27.5. The fraction of sp³-hybridized carbons (Fsp3) is 0.305. The topological polar surface area (TPSA) is 193 Å². The third-order valence-corrected chi connectivity index (χ3v) is 10.2. The molecule has 6 rings (SSSR count). The fourth-order valence-corrected chi connectivity index (χ4v) is 6.83. The number of ether oxygens (including phenoxy) is 5. The van der Waals surface area contributed by atoms with Crippen molar-refractivity contribution in [2.45, 2.75) is 79.4 Å². The predicted molar refractivity (Wildman–Crippen MR) is 285 cm³/mol. The van der Waals surface area contributed by atoms with Crippen molar-refractivity contribution in [2.24, 2.45) is 0 Å². The fourth-order valence-electron chi connectivity index (χ4n) is 6.83. The number of amides is 2. The molecule has 6 aromatic rings. The van der Waals surface area contributed by atoms with Crippen LogP contribution in [0.25, 0.3) is 21.5 Å². The van der Waals surface area contributed by atoms with Gasteiger partial charge in [-0.2, -0.15) is 0 Å². The number of carbonyl (C=O) groups is 7. The van der Waals surface area contributed by atoms with Gasteiger partial charge in [0.05, 0.1) is 20.0 Å². The second-order valence-electron chi connectivity index (χ2n) is 19.3. The van der Waals surface area contributed by atoms with Gasteiger partial charge in [0, 0.05) is 55.6 Å². The molecule has 2 N–H and O–H groups in total. The number of allylic oxidation sites excluding steroid dienone is 1. The number of aryl methyl sites for hydroxylation is 2. The van der Waals surface area contributed by atoms with Crippen molar-refractivity contribution in [3.8, 4) is 11.5 Å². The summed E-state index contributed by atoms with van der Waals surface area (Å²) in [6.45, 7) is 15.5. The first-order chi connectivity index (χ1) is 34.9. The van der Waals surface area contributed by atoms with Crippen LogP contribution in [0.2, 0.25) is 0 Å². The number of hydrogen-bond donors (Lipinski definition) is 2. The third kappa shape index (κ3) is 20.1. The zero-order valence-corrected chi connectivity index (χ0v) is 44.1. The van der Waals surface area contributed by atoms with Gasteiger partial charge in [-0.1, -0.05) is 71.8 Å². The van der Waals surface area contributed by atoms with Crippen molar-refractivity contribution >= 4 is 63.3 Å². The number of nitrogens with zero attached hydrogens (tertiary/aromatic N) is 1. The zero-order valence-electron chi connectivity index (χ0n) is 44.1. The van der Waals surface area contributed by atoms with Crippen molar-refractivity contribution in [1.82, 2.24) is 15.5 Å². The molecule has 0 aliphatic rings. The number of ketones is 2. The first-order valence-corrected chi connectivity index (χ1v) is 23.9. The lowest BCUT2D eigenvalue weighted by atomic mass is 10.0. The zero-order chi connectivity index (χ0) is 54.6. The average molecular weight is 1010 g/mol. The lowest BCUT2D eigenvalue weighted by molar-refractivity contribution is -0.155. The van der Waals surface area contributed by atoms with E-state index < -0.39 is 11.2 Å². The van der Waals surface area contributed by atoms with Crippen LogP contribution < -0.4 is 20.1 Å². The Balaban J connectivity index is 0.000000300.